The molecule has 0 N–H and O–H groups in total. The summed E-state index contributed by atoms with van der Waals surface area (Å²) in [5.74, 6) is 0. The van der Waals surface area contributed by atoms with Gasteiger partial charge < -0.3 is 4.90 Å². The quantitative estimate of drug-likeness (QED) is 0.0821. The molecule has 54 heavy (non-hydrogen) atoms. The van der Waals surface area contributed by atoms with Crippen molar-refractivity contribution >= 4 is 68.3 Å². The minimum Gasteiger partial charge on any atom is -0.310 e. The highest BCUT2D eigenvalue weighted by Gasteiger charge is 2.36. The number of fused-ring (bicyclic) bond motifs is 3. The molecule has 0 saturated heterocycles. The molecular weight excluding hydrogens is 667 g/mol. The van der Waals surface area contributed by atoms with Crippen LogP contribution in [0.3, 0.4) is 0 Å². The monoisotopic (exact) mass is 705 g/mol. The van der Waals surface area contributed by atoms with Crippen LogP contribution in [-0.2, 0) is 0 Å². The van der Waals surface area contributed by atoms with Crippen LogP contribution in [0.15, 0.2) is 230 Å². The molecule has 0 fully saturated rings. The maximum absolute atomic E-state index is 2.51. The third-order valence-corrected chi connectivity index (χ3v) is 15.0. The predicted molar refractivity (Wildman–Crippen MR) is 235 cm³/mol. The maximum atomic E-state index is 2.51. The van der Waals surface area contributed by atoms with Crippen LogP contribution >= 0.6 is 0 Å². The van der Waals surface area contributed by atoms with Crippen molar-refractivity contribution in [1.82, 2.24) is 0 Å². The fourth-order valence-electron chi connectivity index (χ4n) is 7.93. The lowest BCUT2D eigenvalue weighted by molar-refractivity contribution is 1.30. The second-order valence-corrected chi connectivity index (χ2v) is 17.4. The van der Waals surface area contributed by atoms with Gasteiger partial charge in [-0.3, -0.25) is 0 Å². The van der Waals surface area contributed by atoms with Gasteiger partial charge in [-0.15, -0.1) is 0 Å². The number of anilines is 3. The van der Waals surface area contributed by atoms with E-state index in [4.69, 9.17) is 0 Å². The van der Waals surface area contributed by atoms with Gasteiger partial charge >= 0.3 is 0 Å². The highest BCUT2D eigenvalue weighted by Crippen LogP contribution is 2.42. The summed E-state index contributed by atoms with van der Waals surface area (Å²) in [5.41, 5.74) is 9.49. The molecular formula is C52H39NSi. The zero-order valence-electron chi connectivity index (χ0n) is 30.0. The van der Waals surface area contributed by atoms with E-state index in [1.807, 2.05) is 0 Å². The Balaban J connectivity index is 1.07. The van der Waals surface area contributed by atoms with Gasteiger partial charge in [0.25, 0.3) is 0 Å². The summed E-state index contributed by atoms with van der Waals surface area (Å²) in [6.07, 6.45) is 2.33. The van der Waals surface area contributed by atoms with Crippen LogP contribution in [0.5, 0.6) is 0 Å². The second-order valence-electron chi connectivity index (χ2n) is 13.7. The predicted octanol–water partition coefficient (Wildman–Crippen LogP) is 11.9. The SMILES string of the molecule is C(=C[Si](c1ccccc1)(c1ccccc1)c1ccccc1)c1ccc(-c2ccc(N(c3ccccc3)c3cc4ccccc4c4ccccc34)cc2)cc1. The van der Waals surface area contributed by atoms with Crippen molar-refractivity contribution in [2.24, 2.45) is 0 Å². The van der Waals surface area contributed by atoms with Gasteiger partial charge in [0.15, 0.2) is 8.07 Å². The largest absolute Gasteiger partial charge is 0.310 e. The lowest BCUT2D eigenvalue weighted by Crippen LogP contribution is -2.66. The average Bonchev–Trinajstić information content (AvgIpc) is 3.26. The Labute approximate surface area is 318 Å². The summed E-state index contributed by atoms with van der Waals surface area (Å²) < 4.78 is 0. The van der Waals surface area contributed by atoms with E-state index in [0.717, 1.165) is 11.4 Å². The highest BCUT2D eigenvalue weighted by atomic mass is 28.3. The molecule has 9 aromatic rings. The van der Waals surface area contributed by atoms with Crippen LogP contribution in [0.4, 0.5) is 17.1 Å². The van der Waals surface area contributed by atoms with Crippen LogP contribution in [-0.4, -0.2) is 8.07 Å². The van der Waals surface area contributed by atoms with E-state index in [1.54, 1.807) is 0 Å². The second kappa shape index (κ2) is 14.7. The van der Waals surface area contributed by atoms with E-state index in [1.165, 1.54) is 59.5 Å². The van der Waals surface area contributed by atoms with Gasteiger partial charge in [-0.2, -0.15) is 0 Å². The van der Waals surface area contributed by atoms with Crippen molar-refractivity contribution in [2.45, 2.75) is 0 Å². The minimum atomic E-state index is -2.48. The fraction of sp³-hybridized carbons (Fsp3) is 0. The summed E-state index contributed by atoms with van der Waals surface area (Å²) >= 11 is 0. The van der Waals surface area contributed by atoms with Crippen molar-refractivity contribution in [3.8, 4) is 11.1 Å². The van der Waals surface area contributed by atoms with Gasteiger partial charge in [0.1, 0.15) is 0 Å². The molecule has 0 amide bonds. The Morgan fingerprint density at radius 1 is 0.352 bits per heavy atom. The Bertz CT molecular complexity index is 2570. The van der Waals surface area contributed by atoms with E-state index in [2.05, 4.69) is 241 Å². The van der Waals surface area contributed by atoms with Gasteiger partial charge in [-0.25, -0.2) is 0 Å². The molecule has 0 radical (unpaired) electrons. The third-order valence-electron chi connectivity index (χ3n) is 10.6. The molecule has 1 nitrogen and oxygen atoms in total. The maximum Gasteiger partial charge on any atom is 0.172 e. The Morgan fingerprint density at radius 2 is 0.778 bits per heavy atom. The van der Waals surface area contributed by atoms with Gasteiger partial charge in [0.2, 0.25) is 0 Å². The van der Waals surface area contributed by atoms with E-state index >= 15 is 0 Å². The Morgan fingerprint density at radius 3 is 1.33 bits per heavy atom. The molecule has 2 heteroatoms. The molecule has 256 valence electrons. The van der Waals surface area contributed by atoms with Crippen molar-refractivity contribution in [2.75, 3.05) is 4.90 Å². The first-order chi connectivity index (χ1) is 26.8. The number of hydrogen-bond acceptors (Lipinski definition) is 1. The van der Waals surface area contributed by atoms with Crippen LogP contribution < -0.4 is 20.5 Å². The van der Waals surface area contributed by atoms with Crippen LogP contribution in [0.2, 0.25) is 0 Å². The first-order valence-electron chi connectivity index (χ1n) is 18.6. The summed E-state index contributed by atoms with van der Waals surface area (Å²) in [4.78, 5) is 2.38. The summed E-state index contributed by atoms with van der Waals surface area (Å²) in [6, 6.07) is 81.5. The zero-order valence-corrected chi connectivity index (χ0v) is 31.0. The van der Waals surface area contributed by atoms with E-state index in [9.17, 15) is 0 Å². The lowest BCUT2D eigenvalue weighted by atomic mass is 9.98. The molecule has 9 rings (SSSR count). The molecule has 0 bridgehead atoms. The molecule has 0 aliphatic carbocycles. The number of nitrogens with zero attached hydrogens (tertiary/aromatic N) is 1. The van der Waals surface area contributed by atoms with Crippen molar-refractivity contribution in [3.63, 3.8) is 0 Å². The normalized spacial score (nSPS) is 11.6. The van der Waals surface area contributed by atoms with Crippen LogP contribution in [0, 0.1) is 0 Å². The molecule has 0 aliphatic heterocycles. The molecule has 9 aromatic carbocycles. The first-order valence-corrected chi connectivity index (χ1v) is 20.7. The van der Waals surface area contributed by atoms with E-state index < -0.39 is 8.07 Å². The number of hydrogen-bond donors (Lipinski definition) is 0. The molecule has 0 aliphatic rings. The molecule has 0 aromatic heterocycles. The Hall–Kier alpha value is -6.74. The topological polar surface area (TPSA) is 3.24 Å². The van der Waals surface area contributed by atoms with Gasteiger partial charge in [0, 0.05) is 16.8 Å². The summed E-state index contributed by atoms with van der Waals surface area (Å²) in [7, 11) is -2.48. The third kappa shape index (κ3) is 6.23. The zero-order chi connectivity index (χ0) is 36.2. The van der Waals surface area contributed by atoms with Gasteiger partial charge in [-0.05, 0) is 78.7 Å². The van der Waals surface area contributed by atoms with Crippen LogP contribution in [0.25, 0.3) is 38.7 Å². The summed E-state index contributed by atoms with van der Waals surface area (Å²) in [6.45, 7) is 0. The highest BCUT2D eigenvalue weighted by molar-refractivity contribution is 7.15. The standard InChI is InChI=1S/C52H39NSi/c1-5-18-44(19-6-1)53(52-39-43-17-13-14-26-49(43)50-27-15-16-28-51(50)52)45-35-33-42(34-36-45)41-31-29-40(30-32-41)37-38-54(46-20-7-2-8-21-46,47-22-9-3-10-23-47)48-24-11-4-12-25-48/h1-39H. The number of rotatable bonds is 9. The van der Waals surface area contributed by atoms with E-state index in [0.29, 0.717) is 0 Å². The Kier molecular flexibility index (Phi) is 9.02. The van der Waals surface area contributed by atoms with Gasteiger partial charge in [0.05, 0.1) is 5.69 Å². The summed E-state index contributed by atoms with van der Waals surface area (Å²) in [5, 5.41) is 9.10. The lowest BCUT2D eigenvalue weighted by Gasteiger charge is -2.30. The molecule has 0 heterocycles. The van der Waals surface area contributed by atoms with Crippen LogP contribution in [0.1, 0.15) is 5.56 Å². The fourth-order valence-corrected chi connectivity index (χ4v) is 12.1. The smallest absolute Gasteiger partial charge is 0.172 e. The molecule has 0 unspecified atom stereocenters. The molecule has 0 spiro atoms. The number of para-hydroxylation sites is 1. The molecule has 0 atom stereocenters. The first kappa shape index (κ1) is 33.1. The van der Waals surface area contributed by atoms with Crippen molar-refractivity contribution < 1.29 is 0 Å². The van der Waals surface area contributed by atoms with Crippen molar-refractivity contribution in [3.05, 3.63) is 236 Å². The van der Waals surface area contributed by atoms with Crippen molar-refractivity contribution in [1.29, 1.82) is 0 Å². The number of benzene rings is 9. The average molecular weight is 706 g/mol. The molecule has 0 saturated carbocycles. The van der Waals surface area contributed by atoms with E-state index in [-0.39, 0.29) is 0 Å². The van der Waals surface area contributed by atoms with Gasteiger partial charge in [-0.1, -0.05) is 206 Å². The minimum absolute atomic E-state index is 1.12.